The van der Waals surface area contributed by atoms with Gasteiger partial charge < -0.3 is 67.6 Å². The Morgan fingerprint density at radius 1 is 0.490 bits per heavy atom. The van der Waals surface area contributed by atoms with E-state index in [1.807, 2.05) is 133 Å². The first-order valence-electron chi connectivity index (χ1n) is 31.3. The van der Waals surface area contributed by atoms with Crippen molar-refractivity contribution in [1.82, 2.24) is 78.4 Å². The Morgan fingerprint density at radius 2 is 0.938 bits per heavy atom. The number of rotatable bonds is 8. The Kier molecular flexibility index (Phi) is 16.3. The number of ether oxygens (including phenoxy) is 1. The molecule has 5 aliphatic rings. The number of amides is 5. The number of aryl methyl sites for hydroxylation is 1. The number of para-hydroxylation sites is 4. The van der Waals surface area contributed by atoms with E-state index in [0.29, 0.717) is 122 Å². The highest BCUT2D eigenvalue weighted by molar-refractivity contribution is 6.09. The van der Waals surface area contributed by atoms with Gasteiger partial charge in [0, 0.05) is 110 Å². The van der Waals surface area contributed by atoms with E-state index in [2.05, 4.69) is 52.7 Å². The van der Waals surface area contributed by atoms with Crippen LogP contribution in [0.2, 0.25) is 0 Å². The largest absolute Gasteiger partial charge is 0.465 e. The van der Waals surface area contributed by atoms with E-state index >= 15 is 0 Å². The number of furan rings is 1. The number of benzene rings is 5. The summed E-state index contributed by atoms with van der Waals surface area (Å²) in [7, 11) is 7.14. The van der Waals surface area contributed by atoms with E-state index in [9.17, 15) is 38.4 Å². The number of esters is 1. The molecule has 0 atom stereocenters. The SMILES string of the molecule is CN1CCN(C(=O)c2ccc(-c3nc4cccc5c4n3CCNC5=O)o2)CC1.COC(=O)c1ccc(-c2nc3cccc4c3n2CCNC4=O)cc1.Cn1c(C=O)ccc1-c1nc2cccc3c2n1CCNC3=O.Cn1cc(C=O)cc1-c1nc2cccc3c2n1CCNC3=O. The third-order valence-electron chi connectivity index (χ3n) is 17.8. The second-order valence-corrected chi connectivity index (χ2v) is 23.6. The van der Waals surface area contributed by atoms with Crippen LogP contribution in [0, 0.1) is 0 Å². The lowest BCUT2D eigenvalue weighted by molar-refractivity contribution is 0.0598. The van der Waals surface area contributed by atoms with Crippen molar-refractivity contribution in [2.24, 2.45) is 14.1 Å². The zero-order chi connectivity index (χ0) is 66.5. The molecule has 5 amide bonds. The first-order valence-corrected chi connectivity index (χ1v) is 31.3. The molecule has 1 saturated heterocycles. The second-order valence-electron chi connectivity index (χ2n) is 23.6. The van der Waals surface area contributed by atoms with Crippen molar-refractivity contribution in [3.63, 3.8) is 0 Å². The van der Waals surface area contributed by atoms with Gasteiger partial charge in [-0.1, -0.05) is 36.4 Å². The number of hydrogen-bond donors (Lipinski definition) is 4. The Bertz CT molecular complexity index is 5040. The average Bonchev–Trinajstić information content (AvgIpc) is 1.63. The molecule has 96 heavy (non-hydrogen) atoms. The molecule has 7 aromatic heterocycles. The van der Waals surface area contributed by atoms with Crippen LogP contribution in [0.3, 0.4) is 0 Å². The number of piperazine rings is 1. The topological polar surface area (TPSA) is 295 Å². The van der Waals surface area contributed by atoms with Crippen molar-refractivity contribution in [3.8, 4) is 46.0 Å². The van der Waals surface area contributed by atoms with Crippen LogP contribution in [0.4, 0.5) is 0 Å². The van der Waals surface area contributed by atoms with Crippen molar-refractivity contribution in [2.45, 2.75) is 26.2 Å². The fourth-order valence-electron chi connectivity index (χ4n) is 13.0. The van der Waals surface area contributed by atoms with Gasteiger partial charge >= 0.3 is 5.97 Å². The van der Waals surface area contributed by atoms with Crippen LogP contribution in [0.25, 0.3) is 90.1 Å². The fraction of sp³-hybridized carbons (Fsp3) is 0.229. The molecule has 0 radical (unpaired) electrons. The number of carbonyl (C=O) groups excluding carboxylic acids is 8. The van der Waals surface area contributed by atoms with Crippen molar-refractivity contribution in [1.29, 1.82) is 0 Å². The van der Waals surface area contributed by atoms with E-state index in [-0.39, 0.29) is 35.5 Å². The number of likely N-dealkylation sites (N-methyl/N-ethyl adjacent to an activating group) is 1. The molecule has 4 N–H and O–H groups in total. The molecule has 1 fully saturated rings. The number of imidazole rings is 4. The minimum Gasteiger partial charge on any atom is -0.465 e. The second kappa shape index (κ2) is 25.4. The summed E-state index contributed by atoms with van der Waals surface area (Å²) in [5.41, 5.74) is 13.3. The summed E-state index contributed by atoms with van der Waals surface area (Å²) in [6.07, 6.45) is 3.42. The third kappa shape index (κ3) is 11.1. The van der Waals surface area contributed by atoms with Gasteiger partial charge in [0.25, 0.3) is 29.5 Å². The van der Waals surface area contributed by atoms with Crippen LogP contribution in [-0.2, 0) is 45.0 Å². The maximum atomic E-state index is 12.8. The molecule has 0 spiro atoms. The zero-order valence-electron chi connectivity index (χ0n) is 52.8. The summed E-state index contributed by atoms with van der Waals surface area (Å²) in [5, 5.41) is 11.6. The quantitative estimate of drug-likeness (QED) is 0.0893. The van der Waals surface area contributed by atoms with E-state index in [4.69, 9.17) is 14.1 Å². The number of hydrogen-bond acceptors (Lipinski definition) is 15. The van der Waals surface area contributed by atoms with Crippen molar-refractivity contribution >= 4 is 92.2 Å². The third-order valence-corrected chi connectivity index (χ3v) is 17.8. The number of carbonyl (C=O) groups is 8. The van der Waals surface area contributed by atoms with Crippen molar-refractivity contribution in [3.05, 3.63) is 178 Å². The Labute approximate surface area is 547 Å². The molecule has 17 rings (SSSR count). The van der Waals surface area contributed by atoms with Gasteiger partial charge in [-0.2, -0.15) is 0 Å². The molecule has 0 bridgehead atoms. The lowest BCUT2D eigenvalue weighted by Crippen LogP contribution is -2.47. The van der Waals surface area contributed by atoms with Crippen molar-refractivity contribution in [2.75, 3.05) is 66.5 Å². The molecule has 0 saturated carbocycles. The maximum Gasteiger partial charge on any atom is 0.337 e. The van der Waals surface area contributed by atoms with E-state index < -0.39 is 0 Å². The molecule has 0 unspecified atom stereocenters. The van der Waals surface area contributed by atoms with Gasteiger partial charge in [0.05, 0.1) is 96.1 Å². The lowest BCUT2D eigenvalue weighted by atomic mass is 10.1. The number of nitrogens with zero attached hydrogens (tertiary/aromatic N) is 12. The van der Waals surface area contributed by atoms with Crippen LogP contribution < -0.4 is 21.3 Å². The highest BCUT2D eigenvalue weighted by Gasteiger charge is 2.29. The van der Waals surface area contributed by atoms with Gasteiger partial charge in [0.15, 0.2) is 41.6 Å². The molecule has 0 aliphatic carbocycles. The molecule has 26 nitrogen and oxygen atoms in total. The van der Waals surface area contributed by atoms with Crippen LogP contribution in [-0.4, -0.2) is 172 Å². The number of nitrogens with one attached hydrogen (secondary N) is 4. The van der Waals surface area contributed by atoms with E-state index in [1.165, 1.54) is 7.11 Å². The first-order chi connectivity index (χ1) is 46.7. The van der Waals surface area contributed by atoms with Gasteiger partial charge in [-0.15, -0.1) is 0 Å². The number of aromatic nitrogens is 10. The van der Waals surface area contributed by atoms with Crippen LogP contribution in [0.15, 0.2) is 138 Å². The molecule has 484 valence electrons. The highest BCUT2D eigenvalue weighted by Crippen LogP contribution is 2.34. The van der Waals surface area contributed by atoms with Crippen molar-refractivity contribution < 1.29 is 47.5 Å². The summed E-state index contributed by atoms with van der Waals surface area (Å²) >= 11 is 0. The molecule has 5 aromatic carbocycles. The maximum absolute atomic E-state index is 12.8. The average molecular weight is 1290 g/mol. The Morgan fingerprint density at radius 3 is 1.39 bits per heavy atom. The van der Waals surface area contributed by atoms with Gasteiger partial charge in [0.2, 0.25) is 0 Å². The van der Waals surface area contributed by atoms with E-state index in [1.54, 1.807) is 42.6 Å². The summed E-state index contributed by atoms with van der Waals surface area (Å²) < 4.78 is 22.5. The molecule has 12 aromatic rings. The smallest absolute Gasteiger partial charge is 0.337 e. The predicted octanol–water partition coefficient (Wildman–Crippen LogP) is 6.86. The zero-order valence-corrected chi connectivity index (χ0v) is 52.8. The van der Waals surface area contributed by atoms with Crippen LogP contribution in [0.5, 0.6) is 0 Å². The summed E-state index contributed by atoms with van der Waals surface area (Å²) in [6, 6.07) is 38.3. The number of aldehydes is 2. The van der Waals surface area contributed by atoms with E-state index in [0.717, 1.165) is 104 Å². The van der Waals surface area contributed by atoms with Gasteiger partial charge in [-0.05, 0) is 98.0 Å². The van der Waals surface area contributed by atoms with Crippen LogP contribution in [0.1, 0.15) is 83.2 Å². The normalized spacial score (nSPS) is 14.9. The Balaban J connectivity index is 0.000000111. The van der Waals surface area contributed by atoms with Crippen LogP contribution >= 0.6 is 0 Å². The predicted molar refractivity (Wildman–Crippen MR) is 356 cm³/mol. The molecular formula is C70H64N16O10. The Hall–Kier alpha value is -12.1. The lowest BCUT2D eigenvalue weighted by Gasteiger charge is -2.31. The summed E-state index contributed by atoms with van der Waals surface area (Å²) in [5.74, 6) is 3.04. The first kappa shape index (κ1) is 61.4. The minimum absolute atomic E-state index is 0.0729. The standard InChI is InChI=1S/C20H21N5O3.C18H15N3O3.2C16H14N4O2/c1-23-9-11-24(12-10-23)20(27)16-6-5-15(28-16)18-22-14-4-2-3-13-17(14)25(18)8-7-21-19(13)26;1-24-18(23)12-7-5-11(6-8-12)16-20-14-4-2-3-13-15(14)21(16)10-9-19-17(13)22;1-19-8-10(9-21)7-13(19)15-18-12-4-2-3-11-14(12)20(15)6-5-17-16(11)22;1-19-10(9-21)5-6-13(19)15-18-12-4-2-3-11-14(12)20(15)8-7-17-16(11)22/h2-6H,7-12H2,1H3,(H,21,26);2-8H,9-10H2,1H3,(H,19,22);2-4,7-9H,5-6H2,1H3,(H,17,22);2-6,9H,7-8H2,1H3,(H,17,22). The van der Waals surface area contributed by atoms with Gasteiger partial charge in [0.1, 0.15) is 5.82 Å². The summed E-state index contributed by atoms with van der Waals surface area (Å²) in [4.78, 5) is 118. The van der Waals surface area contributed by atoms with Gasteiger partial charge in [-0.25, -0.2) is 24.7 Å². The monoisotopic (exact) mass is 1290 g/mol. The highest BCUT2D eigenvalue weighted by atomic mass is 16.5. The fourth-order valence-corrected chi connectivity index (χ4v) is 13.0. The molecule has 26 heteroatoms. The molecule has 5 aliphatic heterocycles. The van der Waals surface area contributed by atoms with Gasteiger partial charge in [-0.3, -0.25) is 33.6 Å². The minimum atomic E-state index is -0.370. The molecular weight excluding hydrogens is 1220 g/mol. The molecule has 12 heterocycles. The number of methoxy groups -OCH3 is 1. The summed E-state index contributed by atoms with van der Waals surface area (Å²) in [6.45, 7) is 7.82.